The molecule has 0 bridgehead atoms. The van der Waals surface area contributed by atoms with Gasteiger partial charge in [0.1, 0.15) is 5.82 Å². The van der Waals surface area contributed by atoms with Gasteiger partial charge in [-0.25, -0.2) is 4.98 Å². The Balaban J connectivity index is 1.52. The lowest BCUT2D eigenvalue weighted by Crippen LogP contribution is -2.51. The minimum atomic E-state index is 0.158. The van der Waals surface area contributed by atoms with Gasteiger partial charge in [0.25, 0.3) is 0 Å². The molecule has 1 aromatic rings. The van der Waals surface area contributed by atoms with Crippen molar-refractivity contribution >= 4 is 11.7 Å². The molecule has 26 heavy (non-hydrogen) atoms. The zero-order chi connectivity index (χ0) is 18.6. The second kappa shape index (κ2) is 8.35. The molecule has 1 aromatic heterocycles. The Kier molecular flexibility index (Phi) is 6.14. The van der Waals surface area contributed by atoms with Gasteiger partial charge < -0.3 is 14.9 Å². The Morgan fingerprint density at radius 2 is 2.00 bits per heavy atom. The molecule has 3 heterocycles. The monoisotopic (exact) mass is 360 g/mol. The van der Waals surface area contributed by atoms with Crippen molar-refractivity contribution in [3.8, 4) is 0 Å². The highest BCUT2D eigenvalue weighted by Crippen LogP contribution is 2.40. The molecule has 1 amide bonds. The standard InChI is InChI=1S/C20H32N4O2/c1-22(2)18-5-4-17(14-21-18)15-23-11-8-20(9-12-23)7-6-19(26)24(16-20)10-3-13-25/h4-5,14,25H,3,6-13,15-16H2,1-2H3. The van der Waals surface area contributed by atoms with Crippen LogP contribution < -0.4 is 4.90 Å². The van der Waals surface area contributed by atoms with E-state index in [-0.39, 0.29) is 17.9 Å². The average Bonchev–Trinajstić information content (AvgIpc) is 2.65. The number of piperidine rings is 2. The molecule has 1 spiro atoms. The first-order valence-electron chi connectivity index (χ1n) is 9.75. The third-order valence-electron chi connectivity index (χ3n) is 5.92. The number of likely N-dealkylation sites (tertiary alicyclic amines) is 2. The van der Waals surface area contributed by atoms with Crippen LogP contribution in [0, 0.1) is 5.41 Å². The number of carbonyl (C=O) groups excluding carboxylic acids is 1. The minimum absolute atomic E-state index is 0.158. The maximum Gasteiger partial charge on any atom is 0.222 e. The van der Waals surface area contributed by atoms with Crippen LogP contribution in [-0.4, -0.2) is 72.7 Å². The third kappa shape index (κ3) is 4.54. The van der Waals surface area contributed by atoms with E-state index >= 15 is 0 Å². The predicted molar refractivity (Wildman–Crippen MR) is 103 cm³/mol. The van der Waals surface area contributed by atoms with Crippen molar-refractivity contribution in [1.82, 2.24) is 14.8 Å². The zero-order valence-electron chi connectivity index (χ0n) is 16.2. The SMILES string of the molecule is CN(C)c1ccc(CN2CCC3(CCC(=O)N(CCCO)C3)CC2)cn1. The molecule has 144 valence electrons. The quantitative estimate of drug-likeness (QED) is 0.837. The van der Waals surface area contributed by atoms with Gasteiger partial charge >= 0.3 is 0 Å². The molecule has 2 saturated heterocycles. The van der Waals surface area contributed by atoms with E-state index in [1.165, 1.54) is 5.56 Å². The number of aliphatic hydroxyl groups is 1. The van der Waals surface area contributed by atoms with Gasteiger partial charge in [-0.2, -0.15) is 0 Å². The first-order valence-corrected chi connectivity index (χ1v) is 9.75. The van der Waals surface area contributed by atoms with Gasteiger partial charge in [-0.05, 0) is 55.8 Å². The van der Waals surface area contributed by atoms with Crippen LogP contribution in [0.2, 0.25) is 0 Å². The summed E-state index contributed by atoms with van der Waals surface area (Å²) in [6.07, 6.45) is 6.66. The summed E-state index contributed by atoms with van der Waals surface area (Å²) in [5, 5.41) is 9.05. The number of nitrogens with zero attached hydrogens (tertiary/aromatic N) is 4. The van der Waals surface area contributed by atoms with Gasteiger partial charge in [0.05, 0.1) is 0 Å². The number of rotatable bonds is 6. The zero-order valence-corrected chi connectivity index (χ0v) is 16.2. The number of amides is 1. The summed E-state index contributed by atoms with van der Waals surface area (Å²) in [7, 11) is 4.01. The molecule has 0 aromatic carbocycles. The molecule has 0 saturated carbocycles. The van der Waals surface area contributed by atoms with Gasteiger partial charge in [0, 0.05) is 53.0 Å². The third-order valence-corrected chi connectivity index (χ3v) is 5.92. The molecular weight excluding hydrogens is 328 g/mol. The second-order valence-electron chi connectivity index (χ2n) is 8.09. The van der Waals surface area contributed by atoms with Crippen LogP contribution in [0.3, 0.4) is 0 Å². The molecule has 1 N–H and O–H groups in total. The number of aromatic nitrogens is 1. The van der Waals surface area contributed by atoms with Gasteiger partial charge in [-0.15, -0.1) is 0 Å². The van der Waals surface area contributed by atoms with E-state index in [4.69, 9.17) is 5.11 Å². The Hall–Kier alpha value is -1.66. The molecule has 6 nitrogen and oxygen atoms in total. The first-order chi connectivity index (χ1) is 12.5. The largest absolute Gasteiger partial charge is 0.396 e. The maximum atomic E-state index is 12.1. The van der Waals surface area contributed by atoms with Gasteiger partial charge in [0.15, 0.2) is 0 Å². The van der Waals surface area contributed by atoms with E-state index in [1.54, 1.807) is 0 Å². The van der Waals surface area contributed by atoms with Crippen LogP contribution >= 0.6 is 0 Å². The fraction of sp³-hybridized carbons (Fsp3) is 0.700. The molecule has 3 rings (SSSR count). The van der Waals surface area contributed by atoms with Crippen molar-refractivity contribution in [1.29, 1.82) is 0 Å². The smallest absolute Gasteiger partial charge is 0.222 e. The number of pyridine rings is 1. The average molecular weight is 361 g/mol. The van der Waals surface area contributed by atoms with Crippen molar-refractivity contribution in [3.63, 3.8) is 0 Å². The first kappa shape index (κ1) is 19.1. The predicted octanol–water partition coefficient (Wildman–Crippen LogP) is 1.73. The summed E-state index contributed by atoms with van der Waals surface area (Å²) in [6.45, 7) is 4.84. The summed E-state index contributed by atoms with van der Waals surface area (Å²) in [5.41, 5.74) is 1.54. The molecule has 0 radical (unpaired) electrons. The van der Waals surface area contributed by atoms with Crippen molar-refractivity contribution in [2.24, 2.45) is 5.41 Å². The highest BCUT2D eigenvalue weighted by atomic mass is 16.3. The Labute approximate surface area is 156 Å². The van der Waals surface area contributed by atoms with Gasteiger partial charge in [-0.3, -0.25) is 9.69 Å². The number of carbonyl (C=O) groups is 1. The Morgan fingerprint density at radius 1 is 1.23 bits per heavy atom. The summed E-state index contributed by atoms with van der Waals surface area (Å²) >= 11 is 0. The Morgan fingerprint density at radius 3 is 2.62 bits per heavy atom. The van der Waals surface area contributed by atoms with Crippen LogP contribution in [0.15, 0.2) is 18.3 Å². The number of anilines is 1. The van der Waals surface area contributed by atoms with Crippen molar-refractivity contribution in [2.75, 3.05) is 51.8 Å². The van der Waals surface area contributed by atoms with Crippen molar-refractivity contribution in [2.45, 2.75) is 38.6 Å². The Bertz CT molecular complexity index is 594. The maximum absolute atomic E-state index is 12.1. The molecule has 2 aliphatic rings. The van der Waals surface area contributed by atoms with Crippen LogP contribution in [0.25, 0.3) is 0 Å². The number of aliphatic hydroxyl groups excluding tert-OH is 1. The highest BCUT2D eigenvalue weighted by Gasteiger charge is 2.40. The lowest BCUT2D eigenvalue weighted by atomic mass is 9.72. The van der Waals surface area contributed by atoms with E-state index in [0.29, 0.717) is 19.4 Å². The molecule has 0 unspecified atom stereocenters. The van der Waals surface area contributed by atoms with Crippen LogP contribution in [0.1, 0.15) is 37.7 Å². The van der Waals surface area contributed by atoms with E-state index in [2.05, 4.69) is 22.0 Å². The fourth-order valence-corrected chi connectivity index (χ4v) is 4.19. The summed E-state index contributed by atoms with van der Waals surface area (Å²) < 4.78 is 0. The molecule has 0 atom stereocenters. The lowest BCUT2D eigenvalue weighted by Gasteiger charge is -2.47. The van der Waals surface area contributed by atoms with Crippen LogP contribution in [0.4, 0.5) is 5.82 Å². The second-order valence-corrected chi connectivity index (χ2v) is 8.09. The molecule has 0 aliphatic carbocycles. The van der Waals surface area contributed by atoms with Gasteiger partial charge in [-0.1, -0.05) is 6.07 Å². The summed E-state index contributed by atoms with van der Waals surface area (Å²) in [4.78, 5) is 23.1. The molecular formula is C20H32N4O2. The number of hydrogen-bond donors (Lipinski definition) is 1. The van der Waals surface area contributed by atoms with E-state index in [0.717, 1.165) is 51.3 Å². The fourth-order valence-electron chi connectivity index (χ4n) is 4.19. The van der Waals surface area contributed by atoms with Crippen molar-refractivity contribution < 1.29 is 9.90 Å². The van der Waals surface area contributed by atoms with Crippen molar-refractivity contribution in [3.05, 3.63) is 23.9 Å². The van der Waals surface area contributed by atoms with Crippen LogP contribution in [0.5, 0.6) is 0 Å². The van der Waals surface area contributed by atoms with Crippen LogP contribution in [-0.2, 0) is 11.3 Å². The molecule has 2 fully saturated rings. The molecule has 2 aliphatic heterocycles. The van der Waals surface area contributed by atoms with E-state index in [1.807, 2.05) is 30.1 Å². The highest BCUT2D eigenvalue weighted by molar-refractivity contribution is 5.77. The number of hydrogen-bond acceptors (Lipinski definition) is 5. The topological polar surface area (TPSA) is 59.9 Å². The minimum Gasteiger partial charge on any atom is -0.396 e. The normalized spacial score (nSPS) is 20.6. The van der Waals surface area contributed by atoms with Gasteiger partial charge in [0.2, 0.25) is 5.91 Å². The lowest BCUT2D eigenvalue weighted by molar-refractivity contribution is -0.139. The molecule has 6 heteroatoms. The van der Waals surface area contributed by atoms with E-state index in [9.17, 15) is 4.79 Å². The summed E-state index contributed by atoms with van der Waals surface area (Å²) in [6, 6.07) is 4.25. The van der Waals surface area contributed by atoms with E-state index < -0.39 is 0 Å². The summed E-state index contributed by atoms with van der Waals surface area (Å²) in [5.74, 6) is 1.25.